The molecule has 2 N–H and O–H groups in total. The molecule has 2 aromatic carbocycles. The Kier molecular flexibility index (Phi) is 7.03. The first-order valence-corrected chi connectivity index (χ1v) is 12.7. The number of piperidine rings is 1. The standard InChI is InChI=1S/C27H31F3N4O2/c28-27(29,30)20-6-4-5-19(16-20)25(36)32-26-31-23-15-18(17-33-13-2-1-3-14-33)7-12-24(23)34(26)21-8-10-22(35)11-9-21/h4-7,12,15-16,21-22,35H,1-3,8-11,13-14,17H2,(H,31,32,36)/t21-,22-. The first-order valence-electron chi connectivity index (χ1n) is 12.7. The van der Waals surface area contributed by atoms with Gasteiger partial charge < -0.3 is 9.67 Å². The van der Waals surface area contributed by atoms with Gasteiger partial charge in [-0.15, -0.1) is 0 Å². The van der Waals surface area contributed by atoms with E-state index in [0.29, 0.717) is 18.8 Å². The third-order valence-electron chi connectivity index (χ3n) is 7.32. The van der Waals surface area contributed by atoms with Gasteiger partial charge in [0.25, 0.3) is 5.91 Å². The number of hydrogen-bond acceptors (Lipinski definition) is 4. The van der Waals surface area contributed by atoms with Crippen molar-refractivity contribution in [3.8, 4) is 0 Å². The molecule has 0 unspecified atom stereocenters. The van der Waals surface area contributed by atoms with E-state index in [1.807, 2.05) is 16.7 Å². The summed E-state index contributed by atoms with van der Waals surface area (Å²) in [5, 5.41) is 12.8. The van der Waals surface area contributed by atoms with E-state index >= 15 is 0 Å². The van der Waals surface area contributed by atoms with Crippen LogP contribution < -0.4 is 5.32 Å². The molecule has 192 valence electrons. The number of benzene rings is 2. The molecule has 0 spiro atoms. The minimum absolute atomic E-state index is 0.0307. The molecule has 6 nitrogen and oxygen atoms in total. The van der Waals surface area contributed by atoms with Gasteiger partial charge in [0.1, 0.15) is 0 Å². The Morgan fingerprint density at radius 3 is 2.50 bits per heavy atom. The number of rotatable bonds is 5. The smallest absolute Gasteiger partial charge is 0.393 e. The van der Waals surface area contributed by atoms with Crippen LogP contribution in [0.15, 0.2) is 42.5 Å². The van der Waals surface area contributed by atoms with Gasteiger partial charge in [0.05, 0.1) is 22.7 Å². The van der Waals surface area contributed by atoms with Crippen molar-refractivity contribution in [2.75, 3.05) is 18.4 Å². The van der Waals surface area contributed by atoms with Crippen LogP contribution in [0, 0.1) is 0 Å². The average Bonchev–Trinajstić information content (AvgIpc) is 3.21. The van der Waals surface area contributed by atoms with Crippen molar-refractivity contribution in [2.45, 2.75) is 69.8 Å². The molecule has 1 saturated heterocycles. The molecule has 0 radical (unpaired) electrons. The summed E-state index contributed by atoms with van der Waals surface area (Å²) in [7, 11) is 0. The Morgan fingerprint density at radius 1 is 1.03 bits per heavy atom. The lowest BCUT2D eigenvalue weighted by Gasteiger charge is -2.28. The minimum atomic E-state index is -4.53. The number of aliphatic hydroxyl groups excluding tert-OH is 1. The number of amides is 1. The number of aromatic nitrogens is 2. The van der Waals surface area contributed by atoms with Gasteiger partial charge in [-0.25, -0.2) is 4.98 Å². The van der Waals surface area contributed by atoms with E-state index in [2.05, 4.69) is 16.3 Å². The molecule has 0 atom stereocenters. The fraction of sp³-hybridized carbons (Fsp3) is 0.481. The van der Waals surface area contributed by atoms with Crippen molar-refractivity contribution in [2.24, 2.45) is 0 Å². The highest BCUT2D eigenvalue weighted by Crippen LogP contribution is 2.35. The number of anilines is 1. The molecule has 36 heavy (non-hydrogen) atoms. The van der Waals surface area contributed by atoms with Crippen molar-refractivity contribution >= 4 is 22.9 Å². The number of alkyl halides is 3. The number of aliphatic hydroxyl groups is 1. The van der Waals surface area contributed by atoms with Gasteiger partial charge in [0.2, 0.25) is 5.95 Å². The number of nitrogens with zero attached hydrogens (tertiary/aromatic N) is 3. The molecule has 2 heterocycles. The quantitative estimate of drug-likeness (QED) is 0.467. The first kappa shape index (κ1) is 24.8. The SMILES string of the molecule is O=C(Nc1nc2cc(CN3CCCCC3)ccc2n1[C@H]1CC[C@H](O)CC1)c1cccc(C(F)(F)F)c1. The fourth-order valence-electron chi connectivity index (χ4n) is 5.40. The predicted octanol–water partition coefficient (Wildman–Crippen LogP) is 5.77. The zero-order valence-corrected chi connectivity index (χ0v) is 20.1. The normalized spacial score (nSPS) is 21.6. The van der Waals surface area contributed by atoms with Crippen LogP contribution in [0.4, 0.5) is 19.1 Å². The van der Waals surface area contributed by atoms with E-state index in [1.54, 1.807) is 0 Å². The van der Waals surface area contributed by atoms with Crippen LogP contribution in [0.5, 0.6) is 0 Å². The number of fused-ring (bicyclic) bond motifs is 1. The lowest BCUT2D eigenvalue weighted by Crippen LogP contribution is -2.29. The number of imidazole rings is 1. The van der Waals surface area contributed by atoms with Crippen molar-refractivity contribution in [1.29, 1.82) is 0 Å². The molecule has 2 aliphatic rings. The molecule has 1 saturated carbocycles. The van der Waals surface area contributed by atoms with Crippen LogP contribution in [0.25, 0.3) is 11.0 Å². The summed E-state index contributed by atoms with van der Waals surface area (Å²) in [6, 6.07) is 10.6. The molecule has 1 aromatic heterocycles. The summed E-state index contributed by atoms with van der Waals surface area (Å²) in [5.41, 5.74) is 1.82. The summed E-state index contributed by atoms with van der Waals surface area (Å²) in [6.07, 6.45) is 1.57. The highest BCUT2D eigenvalue weighted by molar-refractivity contribution is 6.04. The van der Waals surface area contributed by atoms with Crippen molar-refractivity contribution in [1.82, 2.24) is 14.5 Å². The van der Waals surface area contributed by atoms with E-state index in [1.165, 1.54) is 31.4 Å². The van der Waals surface area contributed by atoms with Gasteiger partial charge in [0, 0.05) is 18.2 Å². The third-order valence-corrected chi connectivity index (χ3v) is 7.32. The molecule has 0 bridgehead atoms. The Hall–Kier alpha value is -2.91. The second-order valence-electron chi connectivity index (χ2n) is 9.96. The van der Waals surface area contributed by atoms with Crippen molar-refractivity contribution < 1.29 is 23.1 Å². The lowest BCUT2D eigenvalue weighted by molar-refractivity contribution is -0.137. The second-order valence-corrected chi connectivity index (χ2v) is 9.96. The number of hydrogen-bond donors (Lipinski definition) is 2. The Labute approximate surface area is 208 Å². The van der Waals surface area contributed by atoms with Gasteiger partial charge in [-0.05, 0) is 87.5 Å². The molecular weight excluding hydrogens is 469 g/mol. The number of halogens is 3. The van der Waals surface area contributed by atoms with E-state index in [-0.39, 0.29) is 17.7 Å². The van der Waals surface area contributed by atoms with Crippen LogP contribution in [-0.2, 0) is 12.7 Å². The first-order chi connectivity index (χ1) is 17.3. The van der Waals surface area contributed by atoms with Gasteiger partial charge in [-0.2, -0.15) is 13.2 Å². The topological polar surface area (TPSA) is 70.4 Å². The second kappa shape index (κ2) is 10.2. The van der Waals surface area contributed by atoms with Crippen molar-refractivity contribution in [3.63, 3.8) is 0 Å². The number of nitrogens with one attached hydrogen (secondary N) is 1. The molecule has 1 aliphatic heterocycles. The predicted molar refractivity (Wildman–Crippen MR) is 132 cm³/mol. The number of likely N-dealkylation sites (tertiary alicyclic amines) is 1. The van der Waals surface area contributed by atoms with Crippen LogP contribution in [0.3, 0.4) is 0 Å². The minimum Gasteiger partial charge on any atom is -0.393 e. The van der Waals surface area contributed by atoms with Crippen LogP contribution in [0.2, 0.25) is 0 Å². The summed E-state index contributed by atoms with van der Waals surface area (Å²) in [5.74, 6) is -0.314. The van der Waals surface area contributed by atoms with Gasteiger partial charge in [0.15, 0.2) is 0 Å². The fourth-order valence-corrected chi connectivity index (χ4v) is 5.40. The summed E-state index contributed by atoms with van der Waals surface area (Å²) in [4.78, 5) is 20.2. The highest BCUT2D eigenvalue weighted by Gasteiger charge is 2.31. The Bertz CT molecular complexity index is 1230. The maximum atomic E-state index is 13.2. The maximum absolute atomic E-state index is 13.2. The summed E-state index contributed by atoms with van der Waals surface area (Å²) < 4.78 is 41.5. The van der Waals surface area contributed by atoms with E-state index in [4.69, 9.17) is 4.98 Å². The van der Waals surface area contributed by atoms with Crippen LogP contribution >= 0.6 is 0 Å². The Morgan fingerprint density at radius 2 is 1.78 bits per heavy atom. The third kappa shape index (κ3) is 5.42. The van der Waals surface area contributed by atoms with Crippen molar-refractivity contribution in [3.05, 3.63) is 59.2 Å². The number of carbonyl (C=O) groups excluding carboxylic acids is 1. The maximum Gasteiger partial charge on any atom is 0.416 e. The molecule has 9 heteroatoms. The van der Waals surface area contributed by atoms with E-state index < -0.39 is 17.6 Å². The number of carbonyl (C=O) groups is 1. The Balaban J connectivity index is 1.46. The zero-order chi connectivity index (χ0) is 25.3. The average molecular weight is 501 g/mol. The monoisotopic (exact) mass is 500 g/mol. The molecule has 1 amide bonds. The van der Waals surface area contributed by atoms with Gasteiger partial charge in [-0.1, -0.05) is 18.6 Å². The summed E-state index contributed by atoms with van der Waals surface area (Å²) >= 11 is 0. The summed E-state index contributed by atoms with van der Waals surface area (Å²) in [6.45, 7) is 2.99. The molecule has 1 aliphatic carbocycles. The molecule has 2 fully saturated rings. The zero-order valence-electron chi connectivity index (χ0n) is 20.1. The molecular formula is C27H31F3N4O2. The largest absolute Gasteiger partial charge is 0.416 e. The van der Waals surface area contributed by atoms with Gasteiger partial charge >= 0.3 is 6.18 Å². The van der Waals surface area contributed by atoms with Crippen LogP contribution in [0.1, 0.15) is 72.5 Å². The molecule has 3 aromatic rings. The highest BCUT2D eigenvalue weighted by atomic mass is 19.4. The van der Waals surface area contributed by atoms with E-state index in [9.17, 15) is 23.1 Å². The van der Waals surface area contributed by atoms with Crippen LogP contribution in [-0.4, -0.2) is 44.7 Å². The van der Waals surface area contributed by atoms with Gasteiger partial charge in [-0.3, -0.25) is 15.0 Å². The lowest BCUT2D eigenvalue weighted by atomic mass is 9.93. The van der Waals surface area contributed by atoms with E-state index in [0.717, 1.165) is 61.2 Å². The molecule has 5 rings (SSSR count).